The lowest BCUT2D eigenvalue weighted by molar-refractivity contribution is -0.0789. The van der Waals surface area contributed by atoms with Crippen LogP contribution in [-0.2, 0) is 13.9 Å². The van der Waals surface area contributed by atoms with Crippen molar-refractivity contribution in [3.05, 3.63) is 23.8 Å². The average molecular weight is 419 g/mol. The Balaban J connectivity index is 3.15. The first kappa shape index (κ1) is 25.5. The standard InChI is InChI=1S/C22H40F2O3Si/c1-17-14-18(2)20(27-28(7,8)21(3,4)5)19(25-6)12-10-9-11-13-22(23,24)16-26-15-17/h10,12,14,18-20H,9,11,13,15-16H2,1-8H3/b12-10+,17-14?/t18-,19+,20+/m1/s1. The third-order valence-corrected chi connectivity index (χ3v) is 10.3. The molecule has 0 aromatic rings. The fraction of sp³-hybridized carbons (Fsp3) is 0.818. The van der Waals surface area contributed by atoms with E-state index < -0.39 is 20.8 Å². The van der Waals surface area contributed by atoms with E-state index in [1.807, 2.05) is 19.1 Å². The molecule has 0 unspecified atom stereocenters. The first-order chi connectivity index (χ1) is 12.8. The minimum absolute atomic E-state index is 0.0655. The number of allylic oxidation sites excluding steroid dienone is 1. The van der Waals surface area contributed by atoms with Gasteiger partial charge in [-0.05, 0) is 37.9 Å². The minimum atomic E-state index is -2.78. The molecule has 0 bridgehead atoms. The maximum Gasteiger partial charge on any atom is 0.271 e. The summed E-state index contributed by atoms with van der Waals surface area (Å²) in [5.74, 6) is -2.71. The van der Waals surface area contributed by atoms with Crippen molar-refractivity contribution < 1.29 is 22.7 Å². The van der Waals surface area contributed by atoms with Crippen molar-refractivity contribution in [2.24, 2.45) is 5.92 Å². The summed E-state index contributed by atoms with van der Waals surface area (Å²) in [6.45, 7) is 14.8. The van der Waals surface area contributed by atoms with Crippen molar-refractivity contribution >= 4 is 8.32 Å². The molecular weight excluding hydrogens is 378 g/mol. The number of alkyl halides is 2. The highest BCUT2D eigenvalue weighted by atomic mass is 28.4. The molecule has 0 aliphatic carbocycles. The van der Waals surface area contributed by atoms with Gasteiger partial charge in [-0.2, -0.15) is 0 Å². The number of rotatable bonds is 3. The van der Waals surface area contributed by atoms with Gasteiger partial charge in [0.25, 0.3) is 5.92 Å². The number of hydrogen-bond acceptors (Lipinski definition) is 3. The van der Waals surface area contributed by atoms with Crippen LogP contribution in [-0.4, -0.2) is 46.8 Å². The van der Waals surface area contributed by atoms with E-state index in [2.05, 4.69) is 46.9 Å². The maximum absolute atomic E-state index is 13.9. The summed E-state index contributed by atoms with van der Waals surface area (Å²) in [6.07, 6.45) is 6.48. The average Bonchev–Trinajstić information content (AvgIpc) is 2.54. The molecule has 3 atom stereocenters. The van der Waals surface area contributed by atoms with E-state index >= 15 is 0 Å². The normalized spacial score (nSPS) is 29.6. The number of hydrogen-bond donors (Lipinski definition) is 0. The summed E-state index contributed by atoms with van der Waals surface area (Å²) in [4.78, 5) is 0. The van der Waals surface area contributed by atoms with Crippen molar-refractivity contribution in [3.8, 4) is 0 Å². The maximum atomic E-state index is 13.9. The van der Waals surface area contributed by atoms with E-state index in [0.29, 0.717) is 12.8 Å². The summed E-state index contributed by atoms with van der Waals surface area (Å²) >= 11 is 0. The second kappa shape index (κ2) is 10.5. The molecule has 0 radical (unpaired) electrons. The summed E-state index contributed by atoms with van der Waals surface area (Å²) in [7, 11) is -0.334. The Morgan fingerprint density at radius 2 is 1.89 bits per heavy atom. The van der Waals surface area contributed by atoms with Crippen molar-refractivity contribution in [1.29, 1.82) is 0 Å². The van der Waals surface area contributed by atoms with Crippen LogP contribution in [0.5, 0.6) is 0 Å². The van der Waals surface area contributed by atoms with Gasteiger partial charge in [0, 0.05) is 19.4 Å². The fourth-order valence-electron chi connectivity index (χ4n) is 3.05. The van der Waals surface area contributed by atoms with E-state index in [1.165, 1.54) is 0 Å². The molecule has 28 heavy (non-hydrogen) atoms. The van der Waals surface area contributed by atoms with Crippen molar-refractivity contribution in [2.75, 3.05) is 20.3 Å². The molecule has 164 valence electrons. The highest BCUT2D eigenvalue weighted by Crippen LogP contribution is 2.39. The van der Waals surface area contributed by atoms with Gasteiger partial charge in [0.05, 0.1) is 12.7 Å². The molecule has 0 saturated heterocycles. The third-order valence-electron chi connectivity index (χ3n) is 5.78. The van der Waals surface area contributed by atoms with Crippen LogP contribution in [0.15, 0.2) is 23.8 Å². The van der Waals surface area contributed by atoms with Gasteiger partial charge in [-0.1, -0.05) is 51.5 Å². The lowest BCUT2D eigenvalue weighted by Gasteiger charge is -2.42. The van der Waals surface area contributed by atoms with Crippen LogP contribution in [0.3, 0.4) is 0 Å². The molecule has 0 saturated carbocycles. The molecule has 1 heterocycles. The number of ether oxygens (including phenoxy) is 2. The predicted molar refractivity (Wildman–Crippen MR) is 115 cm³/mol. The molecule has 0 aromatic heterocycles. The van der Waals surface area contributed by atoms with Gasteiger partial charge >= 0.3 is 0 Å². The van der Waals surface area contributed by atoms with Gasteiger partial charge in [-0.25, -0.2) is 8.78 Å². The van der Waals surface area contributed by atoms with E-state index in [9.17, 15) is 8.78 Å². The monoisotopic (exact) mass is 418 g/mol. The molecule has 1 rings (SSSR count). The van der Waals surface area contributed by atoms with Crippen LogP contribution in [0, 0.1) is 5.92 Å². The molecule has 6 heteroatoms. The zero-order valence-corrected chi connectivity index (χ0v) is 20.0. The Hall–Kier alpha value is -0.563. The Morgan fingerprint density at radius 1 is 1.25 bits per heavy atom. The van der Waals surface area contributed by atoms with E-state index in [0.717, 1.165) is 5.57 Å². The highest BCUT2D eigenvalue weighted by molar-refractivity contribution is 6.74. The molecule has 1 aliphatic rings. The fourth-order valence-corrected chi connectivity index (χ4v) is 4.43. The number of methoxy groups -OCH3 is 1. The molecule has 0 aromatic carbocycles. The van der Waals surface area contributed by atoms with Gasteiger partial charge in [0.2, 0.25) is 0 Å². The lowest BCUT2D eigenvalue weighted by atomic mass is 9.96. The zero-order chi connectivity index (χ0) is 21.6. The summed E-state index contributed by atoms with van der Waals surface area (Å²) < 4.78 is 45.6. The lowest BCUT2D eigenvalue weighted by Crippen LogP contribution is -2.49. The topological polar surface area (TPSA) is 27.7 Å². The van der Waals surface area contributed by atoms with Gasteiger partial charge in [-0.3, -0.25) is 0 Å². The molecule has 0 fully saturated rings. The highest BCUT2D eigenvalue weighted by Gasteiger charge is 2.41. The molecule has 0 N–H and O–H groups in total. The minimum Gasteiger partial charge on any atom is -0.410 e. The quantitative estimate of drug-likeness (QED) is 0.394. The van der Waals surface area contributed by atoms with Crippen molar-refractivity contribution in [3.63, 3.8) is 0 Å². The Morgan fingerprint density at radius 3 is 2.46 bits per heavy atom. The first-order valence-corrected chi connectivity index (χ1v) is 13.2. The summed E-state index contributed by atoms with van der Waals surface area (Å²) in [5, 5.41) is 0.0846. The SMILES string of the molecule is CO[C@H]1/C=C/CCCC(F)(F)COCC(C)=C[C@@H](C)[C@@H]1O[Si](C)(C)C(C)(C)C. The van der Waals surface area contributed by atoms with E-state index in [1.54, 1.807) is 7.11 Å². The van der Waals surface area contributed by atoms with Crippen LogP contribution in [0.2, 0.25) is 18.1 Å². The summed E-state index contributed by atoms with van der Waals surface area (Å²) in [6, 6.07) is 0. The third kappa shape index (κ3) is 8.05. The Labute approximate surface area is 171 Å². The van der Waals surface area contributed by atoms with Crippen LogP contribution >= 0.6 is 0 Å². The summed E-state index contributed by atoms with van der Waals surface area (Å²) in [5.41, 5.74) is 0.933. The Kier molecular flexibility index (Phi) is 9.52. The molecule has 1 aliphatic heterocycles. The van der Waals surface area contributed by atoms with Gasteiger partial charge < -0.3 is 13.9 Å². The molecule has 3 nitrogen and oxygen atoms in total. The molecule has 0 spiro atoms. The second-order valence-corrected chi connectivity index (χ2v) is 14.3. The van der Waals surface area contributed by atoms with Gasteiger partial charge in [0.1, 0.15) is 12.7 Å². The Bertz CT molecular complexity index is 538. The van der Waals surface area contributed by atoms with E-state index in [4.69, 9.17) is 13.9 Å². The second-order valence-electron chi connectivity index (χ2n) is 9.58. The zero-order valence-electron chi connectivity index (χ0n) is 19.0. The van der Waals surface area contributed by atoms with Gasteiger partial charge in [-0.15, -0.1) is 0 Å². The van der Waals surface area contributed by atoms with Crippen molar-refractivity contribution in [1.82, 2.24) is 0 Å². The first-order valence-electron chi connectivity index (χ1n) is 10.3. The predicted octanol–water partition coefficient (Wildman–Crippen LogP) is 6.37. The molecular formula is C22H40F2O3Si. The largest absolute Gasteiger partial charge is 0.410 e. The number of halogens is 2. The van der Waals surface area contributed by atoms with Crippen LogP contribution in [0.1, 0.15) is 53.9 Å². The van der Waals surface area contributed by atoms with Crippen molar-refractivity contribution in [2.45, 2.75) is 90.1 Å². The van der Waals surface area contributed by atoms with Crippen LogP contribution < -0.4 is 0 Å². The van der Waals surface area contributed by atoms with E-state index in [-0.39, 0.29) is 36.2 Å². The van der Waals surface area contributed by atoms with Crippen LogP contribution in [0.25, 0.3) is 0 Å². The van der Waals surface area contributed by atoms with Crippen LogP contribution in [0.4, 0.5) is 8.78 Å². The molecule has 0 amide bonds. The van der Waals surface area contributed by atoms with Gasteiger partial charge in [0.15, 0.2) is 8.32 Å². The smallest absolute Gasteiger partial charge is 0.271 e.